The van der Waals surface area contributed by atoms with Crippen molar-refractivity contribution in [3.63, 3.8) is 0 Å². The third kappa shape index (κ3) is 3.02. The van der Waals surface area contributed by atoms with Crippen LogP contribution in [0.3, 0.4) is 0 Å². The third-order valence-corrected chi connectivity index (χ3v) is 5.49. The van der Waals surface area contributed by atoms with Crippen molar-refractivity contribution in [2.24, 2.45) is 0 Å². The molecule has 2 aromatic heterocycles. The second-order valence-corrected chi connectivity index (χ2v) is 6.90. The maximum absolute atomic E-state index is 4.69. The van der Waals surface area contributed by atoms with Gasteiger partial charge in [0.25, 0.3) is 0 Å². The topological polar surface area (TPSA) is 28.2 Å². The van der Waals surface area contributed by atoms with Gasteiger partial charge in [-0.25, -0.2) is 0 Å². The summed E-state index contributed by atoms with van der Waals surface area (Å²) in [7, 11) is 0. The normalized spacial score (nSPS) is 17.9. The number of thiophene rings is 1. The summed E-state index contributed by atoms with van der Waals surface area (Å²) < 4.78 is 1.36. The van der Waals surface area contributed by atoms with Gasteiger partial charge in [0.15, 0.2) is 0 Å². The molecule has 23 heavy (non-hydrogen) atoms. The first-order valence-corrected chi connectivity index (χ1v) is 9.13. The largest absolute Gasteiger partial charge is 0.315 e. The molecule has 1 saturated heterocycles. The van der Waals surface area contributed by atoms with Gasteiger partial charge in [-0.15, -0.1) is 11.3 Å². The van der Waals surface area contributed by atoms with Crippen LogP contribution in [0, 0.1) is 0 Å². The molecule has 0 bridgehead atoms. The highest BCUT2D eigenvalue weighted by molar-refractivity contribution is 7.17. The minimum Gasteiger partial charge on any atom is -0.315 e. The molecule has 3 aromatic rings. The number of pyridine rings is 1. The third-order valence-electron chi connectivity index (χ3n) is 4.51. The van der Waals surface area contributed by atoms with E-state index in [9.17, 15) is 0 Å². The quantitative estimate of drug-likeness (QED) is 0.797. The van der Waals surface area contributed by atoms with Crippen LogP contribution in [0.25, 0.3) is 10.1 Å². The fourth-order valence-electron chi connectivity index (χ4n) is 3.42. The van der Waals surface area contributed by atoms with Gasteiger partial charge in [-0.05, 0) is 47.5 Å². The van der Waals surface area contributed by atoms with Gasteiger partial charge >= 0.3 is 0 Å². The lowest BCUT2D eigenvalue weighted by atomic mass is 10.00. The van der Waals surface area contributed by atoms with E-state index in [1.165, 1.54) is 22.1 Å². The van der Waals surface area contributed by atoms with Crippen LogP contribution in [-0.4, -0.2) is 36.1 Å². The highest BCUT2D eigenvalue weighted by Gasteiger charge is 2.26. The maximum Gasteiger partial charge on any atom is 0.0790 e. The van der Waals surface area contributed by atoms with E-state index in [4.69, 9.17) is 4.98 Å². The van der Waals surface area contributed by atoms with E-state index in [1.54, 1.807) is 0 Å². The molecule has 3 heterocycles. The number of hydrogen-bond donors (Lipinski definition) is 1. The Bertz CT molecular complexity index is 760. The van der Waals surface area contributed by atoms with Crippen molar-refractivity contribution < 1.29 is 0 Å². The number of nitrogens with one attached hydrogen (secondary N) is 1. The van der Waals surface area contributed by atoms with Crippen molar-refractivity contribution in [1.82, 2.24) is 15.2 Å². The van der Waals surface area contributed by atoms with Gasteiger partial charge < -0.3 is 5.32 Å². The minimum atomic E-state index is 0.243. The standard InChI is InChI=1S/C19H21N3S/c1-2-8-18-15(6-1)16(14-23-18)19(17-7-3-4-10-21-17)22-12-5-9-20-11-13-22/h1-4,6-8,10,14,19-20H,5,9,11-13H2. The highest BCUT2D eigenvalue weighted by Crippen LogP contribution is 2.36. The Labute approximate surface area is 141 Å². The summed E-state index contributed by atoms with van der Waals surface area (Å²) in [6.45, 7) is 4.32. The van der Waals surface area contributed by atoms with E-state index >= 15 is 0 Å². The number of nitrogens with zero attached hydrogens (tertiary/aromatic N) is 2. The maximum atomic E-state index is 4.69. The van der Waals surface area contributed by atoms with E-state index in [1.807, 2.05) is 23.6 Å². The first-order valence-electron chi connectivity index (χ1n) is 8.25. The Kier molecular flexibility index (Phi) is 4.37. The van der Waals surface area contributed by atoms with E-state index < -0.39 is 0 Å². The number of rotatable bonds is 3. The lowest BCUT2D eigenvalue weighted by Gasteiger charge is -2.30. The summed E-state index contributed by atoms with van der Waals surface area (Å²) >= 11 is 1.84. The highest BCUT2D eigenvalue weighted by atomic mass is 32.1. The second kappa shape index (κ2) is 6.79. The monoisotopic (exact) mass is 323 g/mol. The zero-order valence-electron chi connectivity index (χ0n) is 13.1. The Balaban J connectivity index is 1.81. The van der Waals surface area contributed by atoms with Gasteiger partial charge in [0, 0.05) is 30.5 Å². The van der Waals surface area contributed by atoms with Gasteiger partial charge in [-0.1, -0.05) is 24.3 Å². The van der Waals surface area contributed by atoms with Gasteiger partial charge in [0.2, 0.25) is 0 Å². The van der Waals surface area contributed by atoms with Crippen molar-refractivity contribution in [3.8, 4) is 0 Å². The average Bonchev–Trinajstić information content (AvgIpc) is 2.84. The van der Waals surface area contributed by atoms with Crippen molar-refractivity contribution in [3.05, 3.63) is 65.3 Å². The lowest BCUT2D eigenvalue weighted by molar-refractivity contribution is 0.239. The summed E-state index contributed by atoms with van der Waals surface area (Å²) in [4.78, 5) is 7.27. The average molecular weight is 323 g/mol. The van der Waals surface area contributed by atoms with E-state index in [0.29, 0.717) is 0 Å². The van der Waals surface area contributed by atoms with Gasteiger partial charge in [0.05, 0.1) is 11.7 Å². The molecule has 0 aliphatic carbocycles. The van der Waals surface area contributed by atoms with Crippen molar-refractivity contribution in [1.29, 1.82) is 0 Å². The summed E-state index contributed by atoms with van der Waals surface area (Å²) in [5, 5.41) is 7.19. The predicted molar refractivity (Wildman–Crippen MR) is 97.0 cm³/mol. The molecule has 1 aliphatic rings. The molecule has 1 atom stereocenters. The molecule has 0 spiro atoms. The van der Waals surface area contributed by atoms with E-state index in [0.717, 1.165) is 31.9 Å². The molecule has 4 heteroatoms. The Morgan fingerprint density at radius 2 is 1.96 bits per heavy atom. The van der Waals surface area contributed by atoms with Crippen molar-refractivity contribution in [2.75, 3.05) is 26.2 Å². The van der Waals surface area contributed by atoms with Crippen LogP contribution in [0.4, 0.5) is 0 Å². The molecule has 4 rings (SSSR count). The molecule has 0 amide bonds. The first kappa shape index (κ1) is 14.8. The Morgan fingerprint density at radius 3 is 2.87 bits per heavy atom. The van der Waals surface area contributed by atoms with Crippen LogP contribution in [0.2, 0.25) is 0 Å². The van der Waals surface area contributed by atoms with Gasteiger partial charge in [0.1, 0.15) is 0 Å². The van der Waals surface area contributed by atoms with Crippen molar-refractivity contribution >= 4 is 21.4 Å². The van der Waals surface area contributed by atoms with E-state index in [2.05, 4.69) is 52.0 Å². The zero-order valence-corrected chi connectivity index (χ0v) is 13.9. The fraction of sp³-hybridized carbons (Fsp3) is 0.316. The number of fused-ring (bicyclic) bond motifs is 1. The molecule has 1 aromatic carbocycles. The molecule has 118 valence electrons. The molecule has 0 saturated carbocycles. The zero-order chi connectivity index (χ0) is 15.5. The summed E-state index contributed by atoms with van der Waals surface area (Å²) in [6, 6.07) is 15.2. The number of benzene rings is 1. The summed E-state index contributed by atoms with van der Waals surface area (Å²) in [5.74, 6) is 0. The van der Waals surface area contributed by atoms with E-state index in [-0.39, 0.29) is 6.04 Å². The summed E-state index contributed by atoms with van der Waals surface area (Å²) in [6.07, 6.45) is 3.10. The van der Waals surface area contributed by atoms with Crippen LogP contribution < -0.4 is 5.32 Å². The molecule has 0 radical (unpaired) electrons. The minimum absolute atomic E-state index is 0.243. The molecular formula is C19H21N3S. The SMILES string of the molecule is c1ccc(C(c2csc3ccccc23)N2CCCNCC2)nc1. The number of hydrogen-bond acceptors (Lipinski definition) is 4. The first-order chi connectivity index (χ1) is 11.4. The van der Waals surface area contributed by atoms with Crippen LogP contribution >= 0.6 is 11.3 Å². The molecule has 1 N–H and O–H groups in total. The second-order valence-electron chi connectivity index (χ2n) is 5.98. The smallest absolute Gasteiger partial charge is 0.0790 e. The molecule has 3 nitrogen and oxygen atoms in total. The predicted octanol–water partition coefficient (Wildman–Crippen LogP) is 3.68. The summed E-state index contributed by atoms with van der Waals surface area (Å²) in [5.41, 5.74) is 2.55. The lowest BCUT2D eigenvalue weighted by Crippen LogP contribution is -2.33. The van der Waals surface area contributed by atoms with Gasteiger partial charge in [-0.2, -0.15) is 0 Å². The number of aromatic nitrogens is 1. The Hall–Kier alpha value is -1.75. The van der Waals surface area contributed by atoms with Crippen LogP contribution in [0.5, 0.6) is 0 Å². The molecular weight excluding hydrogens is 302 g/mol. The molecule has 1 fully saturated rings. The van der Waals surface area contributed by atoms with Crippen LogP contribution in [0.1, 0.15) is 23.7 Å². The van der Waals surface area contributed by atoms with Crippen LogP contribution in [0.15, 0.2) is 54.0 Å². The fourth-order valence-corrected chi connectivity index (χ4v) is 4.40. The van der Waals surface area contributed by atoms with Gasteiger partial charge in [-0.3, -0.25) is 9.88 Å². The van der Waals surface area contributed by atoms with Crippen molar-refractivity contribution in [2.45, 2.75) is 12.5 Å². The molecule has 1 aliphatic heterocycles. The molecule has 1 unspecified atom stereocenters. The van der Waals surface area contributed by atoms with Crippen LogP contribution in [-0.2, 0) is 0 Å². The Morgan fingerprint density at radius 1 is 1.04 bits per heavy atom.